The highest BCUT2D eigenvalue weighted by molar-refractivity contribution is 5.69. The molecule has 0 rings (SSSR count). The largest absolute Gasteiger partial charge is 0.466 e. The number of nitrogens with two attached hydrogens (primary N) is 1. The first kappa shape index (κ1) is 11.4. The minimum atomic E-state index is -0.131. The number of carbonyl (C=O) groups is 1. The monoisotopic (exact) mass is 175 g/mol. The molecule has 2 N–H and O–H groups in total. The van der Waals surface area contributed by atoms with Gasteiger partial charge in [-0.05, 0) is 6.42 Å². The van der Waals surface area contributed by atoms with E-state index in [4.69, 9.17) is 10.6 Å². The Morgan fingerprint density at radius 1 is 1.33 bits per heavy atom. The summed E-state index contributed by atoms with van der Waals surface area (Å²) in [5.74, 6) is 4.65. The van der Waals surface area contributed by atoms with E-state index in [1.165, 1.54) is 0 Å². The fourth-order valence-electron chi connectivity index (χ4n) is 0.722. The van der Waals surface area contributed by atoms with Crippen LogP contribution in [-0.4, -0.2) is 19.2 Å². The molecule has 0 aliphatic heterocycles. The van der Waals surface area contributed by atoms with Crippen LogP contribution in [0.5, 0.6) is 0 Å². The molecule has 0 spiro atoms. The van der Waals surface area contributed by atoms with Crippen molar-refractivity contribution in [2.75, 3.05) is 13.2 Å². The lowest BCUT2D eigenvalue weighted by atomic mass is 10.2. The van der Waals surface area contributed by atoms with Gasteiger partial charge in [-0.2, -0.15) is 0 Å². The molecule has 0 saturated carbocycles. The third-order valence-corrected chi connectivity index (χ3v) is 1.40. The van der Waals surface area contributed by atoms with Crippen LogP contribution in [0.1, 0.15) is 32.6 Å². The van der Waals surface area contributed by atoms with E-state index in [9.17, 15) is 4.79 Å². The molecular formula is C8H17NO3. The Labute approximate surface area is 73.0 Å². The molecule has 12 heavy (non-hydrogen) atoms. The lowest BCUT2D eigenvalue weighted by Gasteiger charge is -2.02. The summed E-state index contributed by atoms with van der Waals surface area (Å²) in [5, 5.41) is 0. The second-order valence-electron chi connectivity index (χ2n) is 2.55. The fourth-order valence-corrected chi connectivity index (χ4v) is 0.722. The Balaban J connectivity index is 3.08. The van der Waals surface area contributed by atoms with Gasteiger partial charge in [0, 0.05) is 12.8 Å². The van der Waals surface area contributed by atoms with E-state index in [0.29, 0.717) is 26.1 Å². The molecule has 72 valence electrons. The van der Waals surface area contributed by atoms with Crippen molar-refractivity contribution in [2.45, 2.75) is 32.6 Å². The first-order chi connectivity index (χ1) is 5.81. The third-order valence-electron chi connectivity index (χ3n) is 1.40. The summed E-state index contributed by atoms with van der Waals surface area (Å²) < 4.78 is 4.87. The van der Waals surface area contributed by atoms with Gasteiger partial charge in [0.05, 0.1) is 13.2 Å². The molecule has 0 amide bonds. The summed E-state index contributed by atoms with van der Waals surface area (Å²) in [7, 11) is 0. The summed E-state index contributed by atoms with van der Waals surface area (Å²) in [6.07, 6.45) is 3.08. The number of unbranched alkanes of at least 4 members (excludes halogenated alkanes) is 1. The van der Waals surface area contributed by atoms with Gasteiger partial charge in [-0.15, -0.1) is 0 Å². The van der Waals surface area contributed by atoms with Gasteiger partial charge >= 0.3 is 5.97 Å². The number of hydrogen-bond acceptors (Lipinski definition) is 4. The van der Waals surface area contributed by atoms with Crippen molar-refractivity contribution < 1.29 is 14.4 Å². The van der Waals surface area contributed by atoms with E-state index in [0.717, 1.165) is 12.8 Å². The summed E-state index contributed by atoms with van der Waals surface area (Å²) >= 11 is 0. The Hall–Kier alpha value is -0.610. The fraction of sp³-hybridized carbons (Fsp3) is 0.875. The molecule has 0 radical (unpaired) electrons. The van der Waals surface area contributed by atoms with Crippen LogP contribution in [0.3, 0.4) is 0 Å². The van der Waals surface area contributed by atoms with Gasteiger partial charge in [-0.3, -0.25) is 4.79 Å². The molecule has 4 heteroatoms. The van der Waals surface area contributed by atoms with Gasteiger partial charge < -0.3 is 9.57 Å². The molecule has 0 aromatic heterocycles. The minimum Gasteiger partial charge on any atom is -0.466 e. The van der Waals surface area contributed by atoms with Gasteiger partial charge in [0.1, 0.15) is 0 Å². The highest BCUT2D eigenvalue weighted by atomic mass is 16.6. The smallest absolute Gasteiger partial charge is 0.305 e. The molecule has 4 nitrogen and oxygen atoms in total. The number of carbonyl (C=O) groups excluding carboxylic acids is 1. The molecule has 0 aliphatic rings. The van der Waals surface area contributed by atoms with E-state index in [1.807, 2.05) is 6.92 Å². The summed E-state index contributed by atoms with van der Waals surface area (Å²) in [6.45, 7) is 2.87. The normalized spacial score (nSPS) is 9.83. The number of esters is 1. The van der Waals surface area contributed by atoms with Crippen LogP contribution in [0.25, 0.3) is 0 Å². The van der Waals surface area contributed by atoms with Crippen LogP contribution in [0.15, 0.2) is 0 Å². The zero-order valence-electron chi connectivity index (χ0n) is 7.54. The summed E-state index contributed by atoms with van der Waals surface area (Å²) in [6, 6.07) is 0. The van der Waals surface area contributed by atoms with Gasteiger partial charge in [0.25, 0.3) is 0 Å². The Morgan fingerprint density at radius 2 is 2.08 bits per heavy atom. The maximum absolute atomic E-state index is 10.9. The Morgan fingerprint density at radius 3 is 2.67 bits per heavy atom. The lowest BCUT2D eigenvalue weighted by Crippen LogP contribution is -2.09. The number of ether oxygens (including phenoxy) is 1. The van der Waals surface area contributed by atoms with Crippen molar-refractivity contribution >= 4 is 5.97 Å². The SMILES string of the molecule is CCCCC(=O)OCCCON. The zero-order chi connectivity index (χ0) is 9.23. The van der Waals surface area contributed by atoms with Gasteiger partial charge in [-0.25, -0.2) is 5.90 Å². The average Bonchev–Trinajstić information content (AvgIpc) is 2.09. The minimum absolute atomic E-state index is 0.131. The standard InChI is InChI=1S/C8H17NO3/c1-2-3-5-8(10)11-6-4-7-12-9/h2-7,9H2,1H3. The molecule has 0 aromatic rings. The summed E-state index contributed by atoms with van der Waals surface area (Å²) in [5.41, 5.74) is 0. The molecular weight excluding hydrogens is 158 g/mol. The van der Waals surface area contributed by atoms with Gasteiger partial charge in [0.15, 0.2) is 0 Å². The van der Waals surface area contributed by atoms with Crippen molar-refractivity contribution in [1.82, 2.24) is 0 Å². The molecule has 0 aliphatic carbocycles. The third kappa shape index (κ3) is 7.50. The highest BCUT2D eigenvalue weighted by Crippen LogP contribution is 1.96. The van der Waals surface area contributed by atoms with Crippen LogP contribution in [-0.2, 0) is 14.4 Å². The van der Waals surface area contributed by atoms with Crippen molar-refractivity contribution in [3.63, 3.8) is 0 Å². The molecule has 0 heterocycles. The highest BCUT2D eigenvalue weighted by Gasteiger charge is 2.00. The number of hydrogen-bond donors (Lipinski definition) is 1. The Bertz CT molecular complexity index is 117. The van der Waals surface area contributed by atoms with Gasteiger partial charge in [0.2, 0.25) is 0 Å². The van der Waals surface area contributed by atoms with Crippen LogP contribution < -0.4 is 5.90 Å². The van der Waals surface area contributed by atoms with Crippen molar-refractivity contribution in [3.8, 4) is 0 Å². The van der Waals surface area contributed by atoms with Crippen molar-refractivity contribution in [1.29, 1.82) is 0 Å². The maximum atomic E-state index is 10.9. The quantitative estimate of drug-likeness (QED) is 0.356. The van der Waals surface area contributed by atoms with E-state index < -0.39 is 0 Å². The first-order valence-electron chi connectivity index (χ1n) is 4.28. The van der Waals surface area contributed by atoms with Crippen molar-refractivity contribution in [3.05, 3.63) is 0 Å². The predicted octanol–water partition coefficient (Wildman–Crippen LogP) is 1.00. The van der Waals surface area contributed by atoms with E-state index >= 15 is 0 Å². The lowest BCUT2D eigenvalue weighted by molar-refractivity contribution is -0.144. The Kier molecular flexibility index (Phi) is 8.05. The molecule has 0 unspecified atom stereocenters. The second kappa shape index (κ2) is 8.49. The zero-order valence-corrected chi connectivity index (χ0v) is 7.54. The van der Waals surface area contributed by atoms with Crippen LogP contribution in [0.2, 0.25) is 0 Å². The van der Waals surface area contributed by atoms with E-state index in [1.54, 1.807) is 0 Å². The maximum Gasteiger partial charge on any atom is 0.305 e. The van der Waals surface area contributed by atoms with Crippen LogP contribution in [0, 0.1) is 0 Å². The van der Waals surface area contributed by atoms with E-state index in [2.05, 4.69) is 4.84 Å². The van der Waals surface area contributed by atoms with Crippen molar-refractivity contribution in [2.24, 2.45) is 5.90 Å². The molecule has 0 aromatic carbocycles. The molecule has 0 bridgehead atoms. The molecule has 0 saturated heterocycles. The molecule has 0 atom stereocenters. The number of rotatable bonds is 7. The summed E-state index contributed by atoms with van der Waals surface area (Å²) in [4.78, 5) is 15.2. The predicted molar refractivity (Wildman–Crippen MR) is 45.2 cm³/mol. The topological polar surface area (TPSA) is 61.5 Å². The second-order valence-corrected chi connectivity index (χ2v) is 2.55. The van der Waals surface area contributed by atoms with Gasteiger partial charge in [-0.1, -0.05) is 13.3 Å². The molecule has 0 fully saturated rings. The van der Waals surface area contributed by atoms with Crippen LogP contribution in [0.4, 0.5) is 0 Å². The first-order valence-corrected chi connectivity index (χ1v) is 4.28. The van der Waals surface area contributed by atoms with E-state index in [-0.39, 0.29) is 5.97 Å². The average molecular weight is 175 g/mol. The van der Waals surface area contributed by atoms with Crippen LogP contribution >= 0.6 is 0 Å².